The van der Waals surface area contributed by atoms with E-state index in [1.165, 1.54) is 0 Å². The van der Waals surface area contributed by atoms with E-state index in [2.05, 4.69) is 31.9 Å². The lowest BCUT2D eigenvalue weighted by Gasteiger charge is -2.12. The Bertz CT molecular complexity index is 1460. The summed E-state index contributed by atoms with van der Waals surface area (Å²) in [5.41, 5.74) is 4.55. The van der Waals surface area contributed by atoms with Crippen molar-refractivity contribution in [3.63, 3.8) is 0 Å². The lowest BCUT2D eigenvalue weighted by Crippen LogP contribution is -2.16. The zero-order valence-corrected chi connectivity index (χ0v) is 24.7. The molecule has 39 heavy (non-hydrogen) atoms. The molecule has 1 atom stereocenters. The van der Waals surface area contributed by atoms with Crippen LogP contribution in [0.3, 0.4) is 0 Å². The van der Waals surface area contributed by atoms with Crippen molar-refractivity contribution in [3.8, 4) is 0 Å². The minimum atomic E-state index is -0.195. The first kappa shape index (κ1) is 28.5. The highest BCUT2D eigenvalue weighted by Crippen LogP contribution is 2.17. The summed E-state index contributed by atoms with van der Waals surface area (Å²) in [5, 5.41) is 0. The molecule has 0 aliphatic heterocycles. The predicted molar refractivity (Wildman–Crippen MR) is 166 cm³/mol. The minimum Gasteiger partial charge on any atom is -0.294 e. The molecule has 0 fully saturated rings. The van der Waals surface area contributed by atoms with Crippen LogP contribution in [0.2, 0.25) is 0 Å². The van der Waals surface area contributed by atoms with Crippen molar-refractivity contribution in [1.82, 2.24) is 0 Å². The summed E-state index contributed by atoms with van der Waals surface area (Å²) < 4.78 is 1.85. The smallest absolute Gasteiger partial charge is 0.168 e. The van der Waals surface area contributed by atoms with Crippen LogP contribution in [0.4, 0.5) is 0 Å². The van der Waals surface area contributed by atoms with Gasteiger partial charge in [0.2, 0.25) is 0 Å². The summed E-state index contributed by atoms with van der Waals surface area (Å²) in [6.07, 6.45) is 0.378. The Morgan fingerprint density at radius 1 is 0.590 bits per heavy atom. The third kappa shape index (κ3) is 8.50. The Morgan fingerprint density at radius 3 is 1.46 bits per heavy atom. The molecule has 0 amide bonds. The Kier molecular flexibility index (Phi) is 10.3. The minimum absolute atomic E-state index is 0.00544. The number of hydrogen-bond acceptors (Lipinski definition) is 4. The Morgan fingerprint density at radius 2 is 1.00 bits per heavy atom. The number of aliphatic imine (C=N–C) groups is 2. The van der Waals surface area contributed by atoms with Crippen molar-refractivity contribution in [2.75, 3.05) is 6.54 Å². The van der Waals surface area contributed by atoms with E-state index in [1.807, 2.05) is 116 Å². The lowest BCUT2D eigenvalue weighted by atomic mass is 10.00. The van der Waals surface area contributed by atoms with Crippen LogP contribution in [-0.2, 0) is 0 Å². The second-order valence-electron chi connectivity index (χ2n) is 9.16. The molecule has 6 heteroatoms. The van der Waals surface area contributed by atoms with Gasteiger partial charge < -0.3 is 0 Å². The first-order chi connectivity index (χ1) is 18.9. The van der Waals surface area contributed by atoms with E-state index in [0.29, 0.717) is 17.7 Å². The summed E-state index contributed by atoms with van der Waals surface area (Å²) in [6, 6.07) is 34.1. The fourth-order valence-corrected chi connectivity index (χ4v) is 4.59. The monoisotopic (exact) mass is 642 g/mol. The maximum atomic E-state index is 13.1. The normalized spacial score (nSPS) is 12.7. The van der Waals surface area contributed by atoms with Crippen molar-refractivity contribution in [2.24, 2.45) is 9.98 Å². The number of nitrogens with zero attached hydrogens (tertiary/aromatic N) is 2. The number of halogens is 2. The standard InChI is InChI=1S/C33H28Br2N2O2/c1-23(37-31(25-10-6-3-7-11-25)21-33(39)27-14-18-29(35)19-15-27)22-36-30(24-8-4-2-5-9-24)20-32(38)26-12-16-28(34)17-13-26/h2-19,23H,20-22H2,1H3/t23-/m0/s1. The predicted octanol–water partition coefficient (Wildman–Crippen LogP) is 8.42. The van der Waals surface area contributed by atoms with Crippen LogP contribution in [0.25, 0.3) is 0 Å². The molecule has 0 heterocycles. The molecule has 0 N–H and O–H groups in total. The second-order valence-corrected chi connectivity index (χ2v) is 11.0. The van der Waals surface area contributed by atoms with Crippen LogP contribution >= 0.6 is 31.9 Å². The molecule has 0 bridgehead atoms. The number of carbonyl (C=O) groups is 2. The fraction of sp³-hybridized carbons (Fsp3) is 0.152. The number of carbonyl (C=O) groups excluding carboxylic acids is 2. The van der Waals surface area contributed by atoms with E-state index in [-0.39, 0.29) is 30.4 Å². The molecule has 0 saturated heterocycles. The Labute approximate surface area is 246 Å². The third-order valence-corrected chi connectivity index (χ3v) is 7.18. The number of ketones is 2. The van der Waals surface area contributed by atoms with E-state index in [9.17, 15) is 9.59 Å². The van der Waals surface area contributed by atoms with Gasteiger partial charge in [-0.1, -0.05) is 117 Å². The molecule has 196 valence electrons. The largest absolute Gasteiger partial charge is 0.294 e. The molecule has 0 radical (unpaired) electrons. The van der Waals surface area contributed by atoms with Crippen molar-refractivity contribution in [3.05, 3.63) is 140 Å². The van der Waals surface area contributed by atoms with E-state index >= 15 is 0 Å². The molecule has 0 aliphatic rings. The highest BCUT2D eigenvalue weighted by atomic mass is 79.9. The van der Waals surface area contributed by atoms with Crippen molar-refractivity contribution >= 4 is 54.8 Å². The molecule has 4 nitrogen and oxygen atoms in total. The highest BCUT2D eigenvalue weighted by Gasteiger charge is 2.15. The van der Waals surface area contributed by atoms with Crippen LogP contribution < -0.4 is 0 Å². The van der Waals surface area contributed by atoms with Gasteiger partial charge in [0.1, 0.15) is 0 Å². The number of Topliss-reactive ketones (excluding diaryl/α,β-unsaturated/α-hetero) is 2. The van der Waals surface area contributed by atoms with E-state index < -0.39 is 0 Å². The highest BCUT2D eigenvalue weighted by molar-refractivity contribution is 9.10. The maximum Gasteiger partial charge on any atom is 0.168 e. The maximum absolute atomic E-state index is 13.1. The lowest BCUT2D eigenvalue weighted by molar-refractivity contribution is 0.0992. The van der Waals surface area contributed by atoms with Crippen LogP contribution in [0, 0.1) is 0 Å². The van der Waals surface area contributed by atoms with Gasteiger partial charge in [-0.25, -0.2) is 0 Å². The summed E-state index contributed by atoms with van der Waals surface area (Å²) in [7, 11) is 0. The van der Waals surface area contributed by atoms with Gasteiger partial charge in [-0.2, -0.15) is 0 Å². The summed E-state index contributed by atoms with van der Waals surface area (Å²) in [6.45, 7) is 2.37. The topological polar surface area (TPSA) is 58.9 Å². The van der Waals surface area contributed by atoms with Gasteiger partial charge >= 0.3 is 0 Å². The van der Waals surface area contributed by atoms with Crippen LogP contribution in [0.1, 0.15) is 51.6 Å². The average molecular weight is 644 g/mol. The molecular weight excluding hydrogens is 616 g/mol. The molecule has 4 aromatic rings. The molecule has 0 spiro atoms. The average Bonchev–Trinajstić information content (AvgIpc) is 2.96. The van der Waals surface area contributed by atoms with Crippen molar-refractivity contribution < 1.29 is 9.59 Å². The zero-order chi connectivity index (χ0) is 27.6. The Hall–Kier alpha value is -3.48. The van der Waals surface area contributed by atoms with Crippen LogP contribution in [0.5, 0.6) is 0 Å². The molecular formula is C33H28Br2N2O2. The molecule has 0 saturated carbocycles. The van der Waals surface area contributed by atoms with Gasteiger partial charge in [-0.3, -0.25) is 19.6 Å². The number of hydrogen-bond donors (Lipinski definition) is 0. The quantitative estimate of drug-likeness (QED) is 0.122. The molecule has 0 aromatic heterocycles. The van der Waals surface area contributed by atoms with Gasteiger partial charge in [0, 0.05) is 25.8 Å². The molecule has 0 aliphatic carbocycles. The van der Waals surface area contributed by atoms with E-state index in [4.69, 9.17) is 9.98 Å². The first-order valence-corrected chi connectivity index (χ1v) is 14.3. The van der Waals surface area contributed by atoms with Crippen molar-refractivity contribution in [2.45, 2.75) is 25.8 Å². The molecule has 4 rings (SSSR count). The number of rotatable bonds is 11. The van der Waals surface area contributed by atoms with Gasteiger partial charge in [0.15, 0.2) is 11.6 Å². The first-order valence-electron chi connectivity index (χ1n) is 12.7. The van der Waals surface area contributed by atoms with Gasteiger partial charge in [0.25, 0.3) is 0 Å². The summed E-state index contributed by atoms with van der Waals surface area (Å²) in [5.74, 6) is 0.0113. The van der Waals surface area contributed by atoms with Gasteiger partial charge in [-0.15, -0.1) is 0 Å². The molecule has 0 unspecified atom stereocenters. The van der Waals surface area contributed by atoms with Crippen molar-refractivity contribution in [1.29, 1.82) is 0 Å². The zero-order valence-electron chi connectivity index (χ0n) is 21.6. The van der Waals surface area contributed by atoms with E-state index in [1.54, 1.807) is 0 Å². The fourth-order valence-electron chi connectivity index (χ4n) is 4.06. The van der Waals surface area contributed by atoms with Crippen LogP contribution in [-0.4, -0.2) is 35.6 Å². The Balaban J connectivity index is 1.57. The second kappa shape index (κ2) is 14.1. The SMILES string of the molecule is C[C@@H](CN=C(CC(=O)c1ccc(Br)cc1)c1ccccc1)N=C(CC(=O)c1ccc(Br)cc1)c1ccccc1. The van der Waals surface area contributed by atoms with E-state index in [0.717, 1.165) is 31.5 Å². The molecule has 4 aromatic carbocycles. The number of benzene rings is 4. The van der Waals surface area contributed by atoms with Gasteiger partial charge in [0.05, 0.1) is 31.1 Å². The van der Waals surface area contributed by atoms with Gasteiger partial charge in [-0.05, 0) is 42.3 Å². The summed E-state index contributed by atoms with van der Waals surface area (Å²) in [4.78, 5) is 35.9. The van der Waals surface area contributed by atoms with Crippen LogP contribution in [0.15, 0.2) is 128 Å². The summed E-state index contributed by atoms with van der Waals surface area (Å²) >= 11 is 6.84. The third-order valence-electron chi connectivity index (χ3n) is 6.13.